The lowest BCUT2D eigenvalue weighted by molar-refractivity contribution is -0.384. The van der Waals surface area contributed by atoms with Crippen LogP contribution in [0.15, 0.2) is 40.9 Å². The number of hydrogen-bond acceptors (Lipinski definition) is 4. The van der Waals surface area contributed by atoms with Crippen molar-refractivity contribution in [3.63, 3.8) is 0 Å². The highest BCUT2D eigenvalue weighted by Crippen LogP contribution is 2.32. The minimum Gasteiger partial charge on any atom is -0.483 e. The molecule has 0 unspecified atom stereocenters. The van der Waals surface area contributed by atoms with Crippen molar-refractivity contribution in [3.8, 4) is 5.75 Å². The number of nitro benzene ring substituents is 1. The van der Waals surface area contributed by atoms with Gasteiger partial charge in [0.25, 0.3) is 11.6 Å². The molecule has 26 heavy (non-hydrogen) atoms. The van der Waals surface area contributed by atoms with E-state index in [1.165, 1.54) is 18.2 Å². The van der Waals surface area contributed by atoms with Crippen molar-refractivity contribution in [1.82, 2.24) is 0 Å². The molecule has 138 valence electrons. The molecule has 7 heteroatoms. The van der Waals surface area contributed by atoms with Gasteiger partial charge in [0.2, 0.25) is 0 Å². The molecule has 0 radical (unpaired) electrons. The van der Waals surface area contributed by atoms with E-state index in [0.717, 1.165) is 11.1 Å². The molecule has 1 amide bonds. The summed E-state index contributed by atoms with van der Waals surface area (Å²) in [7, 11) is 0. The van der Waals surface area contributed by atoms with Crippen LogP contribution in [0.5, 0.6) is 5.75 Å². The molecule has 0 aliphatic rings. The Bertz CT molecular complexity index is 844. The fourth-order valence-electron chi connectivity index (χ4n) is 2.40. The maximum absolute atomic E-state index is 12.2. The van der Waals surface area contributed by atoms with E-state index in [2.05, 4.69) is 48.1 Å². The van der Waals surface area contributed by atoms with Gasteiger partial charge in [0.1, 0.15) is 5.75 Å². The summed E-state index contributed by atoms with van der Waals surface area (Å²) in [5.41, 5.74) is 2.44. The van der Waals surface area contributed by atoms with E-state index in [-0.39, 0.29) is 23.6 Å². The second kappa shape index (κ2) is 7.86. The first-order valence-corrected chi connectivity index (χ1v) is 8.85. The van der Waals surface area contributed by atoms with Crippen LogP contribution < -0.4 is 10.1 Å². The molecule has 0 saturated heterocycles. The van der Waals surface area contributed by atoms with Crippen molar-refractivity contribution in [2.45, 2.75) is 33.1 Å². The number of carbonyl (C=O) groups excluding carboxylic acids is 1. The maximum Gasteiger partial charge on any atom is 0.270 e. The van der Waals surface area contributed by atoms with Gasteiger partial charge in [-0.2, -0.15) is 0 Å². The number of halogens is 1. The van der Waals surface area contributed by atoms with E-state index >= 15 is 0 Å². The summed E-state index contributed by atoms with van der Waals surface area (Å²) < 4.78 is 6.15. The molecule has 0 aliphatic carbocycles. The van der Waals surface area contributed by atoms with Crippen LogP contribution in [0, 0.1) is 17.0 Å². The minimum absolute atomic E-state index is 0.0550. The zero-order valence-electron chi connectivity index (χ0n) is 15.1. The number of aryl methyl sites for hydroxylation is 1. The number of rotatable bonds is 5. The van der Waals surface area contributed by atoms with Gasteiger partial charge >= 0.3 is 0 Å². The third-order valence-corrected chi connectivity index (χ3v) is 4.40. The fraction of sp³-hybridized carbons (Fsp3) is 0.316. The Hall–Kier alpha value is -2.41. The van der Waals surface area contributed by atoms with Gasteiger partial charge in [-0.1, -0.05) is 38.5 Å². The SMILES string of the molecule is Cc1ccc(OCC(=O)Nc2ccc([N+](=O)[O-])cc2Br)c(C(C)(C)C)c1. The van der Waals surface area contributed by atoms with Crippen LogP contribution in [0.2, 0.25) is 0 Å². The zero-order chi connectivity index (χ0) is 19.5. The van der Waals surface area contributed by atoms with Crippen LogP contribution >= 0.6 is 15.9 Å². The molecule has 6 nitrogen and oxygen atoms in total. The normalized spacial score (nSPS) is 11.1. The van der Waals surface area contributed by atoms with Crippen molar-refractivity contribution in [2.24, 2.45) is 0 Å². The Morgan fingerprint density at radius 2 is 1.92 bits per heavy atom. The second-order valence-corrected chi connectivity index (χ2v) is 7.86. The molecule has 0 atom stereocenters. The lowest BCUT2D eigenvalue weighted by Gasteiger charge is -2.23. The Morgan fingerprint density at radius 3 is 2.50 bits per heavy atom. The van der Waals surface area contributed by atoms with Crippen molar-refractivity contribution in [3.05, 3.63) is 62.1 Å². The van der Waals surface area contributed by atoms with Crippen molar-refractivity contribution in [2.75, 3.05) is 11.9 Å². The fourth-order valence-corrected chi connectivity index (χ4v) is 2.87. The average molecular weight is 421 g/mol. The number of anilines is 1. The summed E-state index contributed by atoms with van der Waals surface area (Å²) in [4.78, 5) is 22.5. The smallest absolute Gasteiger partial charge is 0.270 e. The van der Waals surface area contributed by atoms with Gasteiger partial charge < -0.3 is 10.1 Å². The average Bonchev–Trinajstić information content (AvgIpc) is 2.54. The molecule has 0 bridgehead atoms. The van der Waals surface area contributed by atoms with Gasteiger partial charge in [-0.15, -0.1) is 0 Å². The number of nitro groups is 1. The molecule has 0 fully saturated rings. The Balaban J connectivity index is 2.07. The van der Waals surface area contributed by atoms with E-state index in [1.807, 2.05) is 19.1 Å². The lowest BCUT2D eigenvalue weighted by atomic mass is 9.85. The van der Waals surface area contributed by atoms with E-state index in [4.69, 9.17) is 4.74 Å². The van der Waals surface area contributed by atoms with Crippen molar-refractivity contribution < 1.29 is 14.5 Å². The zero-order valence-corrected chi connectivity index (χ0v) is 16.7. The number of non-ortho nitro benzene ring substituents is 1. The number of hydrogen-bond donors (Lipinski definition) is 1. The van der Waals surface area contributed by atoms with E-state index in [9.17, 15) is 14.9 Å². The Morgan fingerprint density at radius 1 is 1.23 bits per heavy atom. The topological polar surface area (TPSA) is 81.5 Å². The summed E-state index contributed by atoms with van der Waals surface area (Å²) in [5, 5.41) is 13.4. The summed E-state index contributed by atoms with van der Waals surface area (Å²) in [5.74, 6) is 0.320. The van der Waals surface area contributed by atoms with Gasteiger partial charge in [0, 0.05) is 16.6 Å². The highest BCUT2D eigenvalue weighted by molar-refractivity contribution is 9.10. The monoisotopic (exact) mass is 420 g/mol. The predicted octanol–water partition coefficient (Wildman–Crippen LogP) is 4.98. The van der Waals surface area contributed by atoms with E-state index in [1.54, 1.807) is 0 Å². The van der Waals surface area contributed by atoms with Crippen LogP contribution in [-0.4, -0.2) is 17.4 Å². The number of ether oxygens (including phenoxy) is 1. The highest BCUT2D eigenvalue weighted by atomic mass is 79.9. The molecular weight excluding hydrogens is 400 g/mol. The number of benzene rings is 2. The van der Waals surface area contributed by atoms with Crippen LogP contribution in [0.1, 0.15) is 31.9 Å². The van der Waals surface area contributed by atoms with Gasteiger partial charge in [0.05, 0.1) is 10.6 Å². The largest absolute Gasteiger partial charge is 0.483 e. The van der Waals surface area contributed by atoms with Crippen LogP contribution in [0.3, 0.4) is 0 Å². The van der Waals surface area contributed by atoms with Crippen LogP contribution in [0.4, 0.5) is 11.4 Å². The first-order valence-electron chi connectivity index (χ1n) is 8.05. The first kappa shape index (κ1) is 19.9. The van der Waals surface area contributed by atoms with Gasteiger partial charge in [0.15, 0.2) is 6.61 Å². The molecule has 0 saturated carbocycles. The number of amides is 1. The van der Waals surface area contributed by atoms with Crippen LogP contribution in [0.25, 0.3) is 0 Å². The number of nitrogens with one attached hydrogen (secondary N) is 1. The van der Waals surface area contributed by atoms with Crippen molar-refractivity contribution in [1.29, 1.82) is 0 Å². The lowest BCUT2D eigenvalue weighted by Crippen LogP contribution is -2.22. The summed E-state index contributed by atoms with van der Waals surface area (Å²) in [6.07, 6.45) is 0. The van der Waals surface area contributed by atoms with Crippen molar-refractivity contribution >= 4 is 33.2 Å². The van der Waals surface area contributed by atoms with Gasteiger partial charge in [-0.3, -0.25) is 14.9 Å². The standard InChI is InChI=1S/C19H21BrN2O4/c1-12-5-8-17(14(9-12)19(2,3)4)26-11-18(23)21-16-7-6-13(22(24)25)10-15(16)20/h5-10H,11H2,1-4H3,(H,21,23). The predicted molar refractivity (Wildman–Crippen MR) is 105 cm³/mol. The summed E-state index contributed by atoms with van der Waals surface area (Å²) in [6, 6.07) is 10.0. The molecule has 2 rings (SSSR count). The second-order valence-electron chi connectivity index (χ2n) is 7.01. The molecule has 2 aromatic carbocycles. The third kappa shape index (κ3) is 5.05. The molecule has 2 aromatic rings. The quantitative estimate of drug-likeness (QED) is 0.545. The highest BCUT2D eigenvalue weighted by Gasteiger charge is 2.20. The molecule has 0 heterocycles. The Kier molecular flexibility index (Phi) is 6.02. The number of nitrogens with zero attached hydrogens (tertiary/aromatic N) is 1. The third-order valence-electron chi connectivity index (χ3n) is 3.74. The van der Waals surface area contributed by atoms with E-state index < -0.39 is 4.92 Å². The Labute approximate surface area is 160 Å². The minimum atomic E-state index is -0.495. The summed E-state index contributed by atoms with van der Waals surface area (Å²) in [6.45, 7) is 8.11. The molecule has 0 aliphatic heterocycles. The number of carbonyl (C=O) groups is 1. The molecule has 0 spiro atoms. The van der Waals surface area contributed by atoms with E-state index in [0.29, 0.717) is 15.9 Å². The molecular formula is C19H21BrN2O4. The van der Waals surface area contributed by atoms with Gasteiger partial charge in [-0.25, -0.2) is 0 Å². The summed E-state index contributed by atoms with van der Waals surface area (Å²) >= 11 is 3.23. The van der Waals surface area contributed by atoms with Gasteiger partial charge in [-0.05, 0) is 46.0 Å². The van der Waals surface area contributed by atoms with Crippen LogP contribution in [-0.2, 0) is 10.2 Å². The molecule has 1 N–H and O–H groups in total. The first-order chi connectivity index (χ1) is 12.1. The maximum atomic E-state index is 12.2. The molecule has 0 aromatic heterocycles.